The highest BCUT2D eigenvalue weighted by Crippen LogP contribution is 2.26. The van der Waals surface area contributed by atoms with Crippen molar-refractivity contribution >= 4 is 35.2 Å². The van der Waals surface area contributed by atoms with Gasteiger partial charge < -0.3 is 24.1 Å². The zero-order valence-electron chi connectivity index (χ0n) is 16.5. The molecule has 0 unspecified atom stereocenters. The van der Waals surface area contributed by atoms with Gasteiger partial charge in [0.05, 0.1) is 39.5 Å². The third-order valence-electron chi connectivity index (χ3n) is 3.89. The summed E-state index contributed by atoms with van der Waals surface area (Å²) in [6, 6.07) is 8.76. The van der Waals surface area contributed by atoms with Gasteiger partial charge in [0.1, 0.15) is 5.76 Å². The smallest absolute Gasteiger partial charge is 0.287 e. The fourth-order valence-electron chi connectivity index (χ4n) is 2.80. The van der Waals surface area contributed by atoms with Gasteiger partial charge in [-0.15, -0.1) is 11.8 Å². The van der Waals surface area contributed by atoms with Crippen LogP contribution in [0, 0.1) is 6.92 Å². The van der Waals surface area contributed by atoms with Crippen LogP contribution in [0.3, 0.4) is 0 Å². The number of carboxylic acid groups (broad SMARTS) is 1. The van der Waals surface area contributed by atoms with Gasteiger partial charge >= 0.3 is 0 Å². The van der Waals surface area contributed by atoms with Crippen molar-refractivity contribution < 1.29 is 23.6 Å². The maximum Gasteiger partial charge on any atom is 0.287 e. The Labute approximate surface area is 174 Å². The average Bonchev–Trinajstić information content (AvgIpc) is 2.93. The number of thioether (sulfide) groups is 1. The molecule has 0 aliphatic carbocycles. The topological polar surface area (TPSA) is 82.4 Å². The molecule has 1 amide bonds. The molecule has 1 N–H and O–H groups in total. The van der Waals surface area contributed by atoms with Gasteiger partial charge in [0.25, 0.3) is 5.91 Å². The van der Waals surface area contributed by atoms with Crippen molar-refractivity contribution in [1.29, 1.82) is 0 Å². The molecule has 0 fully saturated rings. The van der Waals surface area contributed by atoms with E-state index in [1.165, 1.54) is 0 Å². The Kier molecular flexibility index (Phi) is 7.57. The van der Waals surface area contributed by atoms with Gasteiger partial charge in [-0.3, -0.25) is 4.79 Å². The number of likely N-dealkylation sites (N-methyl/N-ethyl adjacent to an activating group) is 1. The number of halogens is 1. The Morgan fingerprint density at radius 3 is 2.46 bits per heavy atom. The standard InChI is InChI=1S/C20H25ClN2O4S/c1-13-9-16(12-28-17-7-5-14(21)6-8-17)27-19(13)20(26)22-15(10-18(24)25)11-23(2,3)4/h5-9,15H,10-12H2,1-4H3,(H-,22,24,25,26)/t15-/m1/s1. The molecular weight excluding hydrogens is 400 g/mol. The molecule has 1 atom stereocenters. The van der Waals surface area contributed by atoms with E-state index in [9.17, 15) is 14.7 Å². The van der Waals surface area contributed by atoms with E-state index in [2.05, 4.69) is 5.32 Å². The van der Waals surface area contributed by atoms with Gasteiger partial charge in [0.15, 0.2) is 5.76 Å². The van der Waals surface area contributed by atoms with E-state index in [4.69, 9.17) is 16.0 Å². The molecule has 0 spiro atoms. The van der Waals surface area contributed by atoms with Crippen LogP contribution in [0.25, 0.3) is 0 Å². The highest BCUT2D eigenvalue weighted by atomic mass is 35.5. The van der Waals surface area contributed by atoms with Gasteiger partial charge in [-0.2, -0.15) is 0 Å². The minimum atomic E-state index is -1.20. The van der Waals surface area contributed by atoms with E-state index >= 15 is 0 Å². The molecule has 152 valence electrons. The predicted octanol–water partition coefficient (Wildman–Crippen LogP) is 2.48. The average molecular weight is 425 g/mol. The van der Waals surface area contributed by atoms with Gasteiger partial charge in [0.2, 0.25) is 0 Å². The summed E-state index contributed by atoms with van der Waals surface area (Å²) in [4.78, 5) is 24.7. The van der Waals surface area contributed by atoms with Gasteiger partial charge in [-0.25, -0.2) is 0 Å². The number of quaternary nitrogens is 1. The molecule has 0 bridgehead atoms. The number of aryl methyl sites for hydroxylation is 1. The summed E-state index contributed by atoms with van der Waals surface area (Å²) in [5.41, 5.74) is 0.710. The Balaban J connectivity index is 2.04. The summed E-state index contributed by atoms with van der Waals surface area (Å²) in [5.74, 6) is -0.172. The van der Waals surface area contributed by atoms with Crippen LogP contribution < -0.4 is 10.4 Å². The summed E-state index contributed by atoms with van der Waals surface area (Å²) >= 11 is 7.46. The first kappa shape index (κ1) is 22.3. The minimum absolute atomic E-state index is 0.205. The molecule has 1 aromatic heterocycles. The lowest BCUT2D eigenvalue weighted by Crippen LogP contribution is -2.50. The van der Waals surface area contributed by atoms with Crippen molar-refractivity contribution in [2.75, 3.05) is 27.7 Å². The first-order valence-corrected chi connectivity index (χ1v) is 10.2. The second kappa shape index (κ2) is 9.49. The number of amides is 1. The van der Waals surface area contributed by atoms with Crippen LogP contribution >= 0.6 is 23.4 Å². The lowest BCUT2D eigenvalue weighted by molar-refractivity contribution is -0.871. The van der Waals surface area contributed by atoms with Crippen molar-refractivity contribution in [3.8, 4) is 0 Å². The van der Waals surface area contributed by atoms with Crippen molar-refractivity contribution in [2.45, 2.75) is 30.0 Å². The highest BCUT2D eigenvalue weighted by Gasteiger charge is 2.24. The number of furan rings is 1. The zero-order valence-corrected chi connectivity index (χ0v) is 18.0. The van der Waals surface area contributed by atoms with Crippen molar-refractivity contribution in [3.05, 3.63) is 52.4 Å². The fraction of sp³-hybridized carbons (Fsp3) is 0.400. The molecule has 0 radical (unpaired) electrons. The molecule has 1 aromatic carbocycles. The number of carboxylic acids is 1. The fourth-order valence-corrected chi connectivity index (χ4v) is 3.71. The largest absolute Gasteiger partial charge is 0.550 e. The van der Waals surface area contributed by atoms with Crippen LogP contribution in [0.1, 0.15) is 28.3 Å². The van der Waals surface area contributed by atoms with Crippen molar-refractivity contribution in [2.24, 2.45) is 0 Å². The number of aliphatic carboxylic acids is 1. The van der Waals surface area contributed by atoms with Crippen LogP contribution in [0.15, 0.2) is 39.6 Å². The van der Waals surface area contributed by atoms with Crippen LogP contribution in [-0.4, -0.2) is 50.1 Å². The summed E-state index contributed by atoms with van der Waals surface area (Å²) < 4.78 is 6.24. The first-order valence-electron chi connectivity index (χ1n) is 8.82. The second-order valence-electron chi connectivity index (χ2n) is 7.69. The molecule has 2 rings (SSSR count). The van der Waals surface area contributed by atoms with Crippen LogP contribution in [0.5, 0.6) is 0 Å². The lowest BCUT2D eigenvalue weighted by Gasteiger charge is -2.29. The third-order valence-corrected chi connectivity index (χ3v) is 5.17. The number of nitrogens with one attached hydrogen (secondary N) is 1. The van der Waals surface area contributed by atoms with E-state index in [1.54, 1.807) is 18.7 Å². The van der Waals surface area contributed by atoms with Crippen molar-refractivity contribution in [1.82, 2.24) is 5.32 Å². The van der Waals surface area contributed by atoms with Crippen molar-refractivity contribution in [3.63, 3.8) is 0 Å². The SMILES string of the molecule is Cc1cc(CSc2ccc(Cl)cc2)oc1C(=O)N[C@H](CC(=O)[O-])C[N+](C)(C)C. The van der Waals surface area contributed by atoms with Gasteiger partial charge in [-0.05, 0) is 37.3 Å². The number of nitrogens with zero attached hydrogens (tertiary/aromatic N) is 1. The quantitative estimate of drug-likeness (QED) is 0.494. The van der Waals surface area contributed by atoms with Crippen LogP contribution in [0.4, 0.5) is 0 Å². The maximum absolute atomic E-state index is 12.6. The molecule has 1 heterocycles. The molecule has 0 aliphatic heterocycles. The normalized spacial score (nSPS) is 12.6. The van der Waals surface area contributed by atoms with E-state index in [1.807, 2.05) is 51.5 Å². The van der Waals surface area contributed by atoms with Gasteiger partial charge in [-0.1, -0.05) is 11.6 Å². The summed E-state index contributed by atoms with van der Waals surface area (Å²) in [6.07, 6.45) is -0.250. The Bertz CT molecular complexity index is 828. The Hall–Kier alpha value is -1.96. The Morgan fingerprint density at radius 2 is 1.89 bits per heavy atom. The Morgan fingerprint density at radius 1 is 1.25 bits per heavy atom. The van der Waals surface area contributed by atoms with Crippen LogP contribution in [0.2, 0.25) is 5.02 Å². The number of benzene rings is 1. The number of carbonyl (C=O) groups excluding carboxylic acids is 2. The summed E-state index contributed by atoms with van der Waals surface area (Å²) in [7, 11) is 5.79. The number of rotatable bonds is 9. The van der Waals surface area contributed by atoms with Gasteiger partial charge in [0, 0.05) is 27.9 Å². The molecule has 2 aromatic rings. The molecule has 0 aliphatic rings. The predicted molar refractivity (Wildman–Crippen MR) is 108 cm³/mol. The maximum atomic E-state index is 12.6. The molecule has 28 heavy (non-hydrogen) atoms. The van der Waals surface area contributed by atoms with E-state index < -0.39 is 17.9 Å². The third kappa shape index (κ3) is 7.22. The second-order valence-corrected chi connectivity index (χ2v) is 9.17. The van der Waals surface area contributed by atoms with E-state index in [0.29, 0.717) is 33.1 Å². The number of carbonyl (C=O) groups is 2. The van der Waals surface area contributed by atoms with E-state index in [-0.39, 0.29) is 12.2 Å². The first-order chi connectivity index (χ1) is 13.0. The molecular formula is C20H25ClN2O4S. The minimum Gasteiger partial charge on any atom is -0.550 e. The van der Waals surface area contributed by atoms with Crippen LogP contribution in [-0.2, 0) is 10.5 Å². The molecule has 0 saturated carbocycles. The highest BCUT2D eigenvalue weighted by molar-refractivity contribution is 7.98. The molecule has 0 saturated heterocycles. The monoisotopic (exact) mass is 424 g/mol. The number of hydrogen-bond donors (Lipinski definition) is 1. The number of hydrogen-bond acceptors (Lipinski definition) is 5. The summed E-state index contributed by atoms with van der Waals surface area (Å²) in [6.45, 7) is 2.25. The summed E-state index contributed by atoms with van der Waals surface area (Å²) in [5, 5.41) is 14.5. The molecule has 6 nitrogen and oxygen atoms in total. The zero-order chi connectivity index (χ0) is 20.9. The lowest BCUT2D eigenvalue weighted by atomic mass is 10.1. The van der Waals surface area contributed by atoms with E-state index in [0.717, 1.165) is 4.90 Å². The molecule has 8 heteroatoms.